The number of nitrogens with one attached hydrogen (secondary N) is 1. The number of likely N-dealkylation sites (N-methyl/N-ethyl adjacent to an activating group) is 2. The Bertz CT molecular complexity index is 281. The van der Waals surface area contributed by atoms with Crippen molar-refractivity contribution < 1.29 is 0 Å². The van der Waals surface area contributed by atoms with Crippen molar-refractivity contribution in [2.75, 3.05) is 33.7 Å². The molecule has 1 saturated heterocycles. The van der Waals surface area contributed by atoms with Gasteiger partial charge in [0, 0.05) is 31.2 Å². The topological polar surface area (TPSA) is 18.5 Å². The molecule has 5 atom stereocenters. The van der Waals surface area contributed by atoms with E-state index in [-0.39, 0.29) is 0 Å². The van der Waals surface area contributed by atoms with Crippen molar-refractivity contribution in [1.82, 2.24) is 15.1 Å². The van der Waals surface area contributed by atoms with Gasteiger partial charge < -0.3 is 10.2 Å². The Hall–Kier alpha value is -0.120. The molecule has 0 spiro atoms. The van der Waals surface area contributed by atoms with Gasteiger partial charge in [-0.2, -0.15) is 0 Å². The van der Waals surface area contributed by atoms with E-state index in [0.29, 0.717) is 12.1 Å². The third-order valence-corrected chi connectivity index (χ3v) is 5.28. The molecule has 0 aromatic rings. The quantitative estimate of drug-likeness (QED) is 0.826. The summed E-state index contributed by atoms with van der Waals surface area (Å²) < 4.78 is 0. The van der Waals surface area contributed by atoms with E-state index in [9.17, 15) is 0 Å². The maximum Gasteiger partial charge on any atom is 0.0278 e. The summed E-state index contributed by atoms with van der Waals surface area (Å²) in [4.78, 5) is 5.30. The number of hydrogen-bond donors (Lipinski definition) is 1. The highest BCUT2D eigenvalue weighted by Crippen LogP contribution is 2.33. The first-order chi connectivity index (χ1) is 9.02. The molecule has 1 saturated carbocycles. The molecule has 1 heterocycles. The van der Waals surface area contributed by atoms with E-state index < -0.39 is 0 Å². The molecular formula is C16H33N3. The van der Waals surface area contributed by atoms with Gasteiger partial charge in [0.15, 0.2) is 0 Å². The summed E-state index contributed by atoms with van der Waals surface area (Å²) in [6.45, 7) is 11.0. The fourth-order valence-corrected chi connectivity index (χ4v) is 4.52. The predicted octanol–water partition coefficient (Wildman–Crippen LogP) is 2.04. The molecule has 0 aromatic carbocycles. The van der Waals surface area contributed by atoms with E-state index in [0.717, 1.165) is 17.9 Å². The number of rotatable bonds is 2. The monoisotopic (exact) mass is 267 g/mol. The van der Waals surface area contributed by atoms with E-state index in [1.807, 2.05) is 0 Å². The summed E-state index contributed by atoms with van der Waals surface area (Å²) in [6, 6.07) is 2.08. The minimum Gasteiger partial charge on any atom is -0.315 e. The zero-order valence-electron chi connectivity index (χ0n) is 13.5. The van der Waals surface area contributed by atoms with E-state index in [1.54, 1.807) is 0 Å². The van der Waals surface area contributed by atoms with Crippen molar-refractivity contribution in [1.29, 1.82) is 0 Å². The summed E-state index contributed by atoms with van der Waals surface area (Å²) in [7, 11) is 4.42. The molecule has 0 radical (unpaired) electrons. The normalized spacial score (nSPS) is 43.1. The molecule has 112 valence electrons. The van der Waals surface area contributed by atoms with Crippen molar-refractivity contribution in [2.24, 2.45) is 11.8 Å². The summed E-state index contributed by atoms with van der Waals surface area (Å²) in [6.07, 6.45) is 4.04. The lowest BCUT2D eigenvalue weighted by molar-refractivity contribution is 0.0390. The minimum atomic E-state index is 0.671. The molecule has 0 amide bonds. The molecule has 19 heavy (non-hydrogen) atoms. The Morgan fingerprint density at radius 3 is 2.47 bits per heavy atom. The summed E-state index contributed by atoms with van der Waals surface area (Å²) in [5, 5.41) is 3.61. The highest BCUT2D eigenvalue weighted by atomic mass is 15.3. The maximum atomic E-state index is 3.61. The van der Waals surface area contributed by atoms with Gasteiger partial charge in [0.25, 0.3) is 0 Å². The molecule has 2 aliphatic rings. The van der Waals surface area contributed by atoms with Crippen molar-refractivity contribution in [3.8, 4) is 0 Å². The summed E-state index contributed by atoms with van der Waals surface area (Å²) in [5.41, 5.74) is 0. The van der Waals surface area contributed by atoms with Crippen LogP contribution in [0.3, 0.4) is 0 Å². The lowest BCUT2D eigenvalue weighted by atomic mass is 9.75. The molecule has 1 aliphatic carbocycles. The second-order valence-corrected chi connectivity index (χ2v) is 7.14. The third-order valence-electron chi connectivity index (χ3n) is 5.28. The number of nitrogens with zero attached hydrogens (tertiary/aromatic N) is 2. The van der Waals surface area contributed by atoms with Gasteiger partial charge in [-0.05, 0) is 58.7 Å². The Morgan fingerprint density at radius 1 is 1.05 bits per heavy atom. The molecule has 0 bridgehead atoms. The van der Waals surface area contributed by atoms with E-state index in [2.05, 4.69) is 50.0 Å². The van der Waals surface area contributed by atoms with E-state index >= 15 is 0 Å². The van der Waals surface area contributed by atoms with Crippen LogP contribution in [-0.2, 0) is 0 Å². The van der Waals surface area contributed by atoms with E-state index in [1.165, 1.54) is 38.9 Å². The first kappa shape index (κ1) is 15.3. The largest absolute Gasteiger partial charge is 0.315 e. The molecular weight excluding hydrogens is 234 g/mol. The first-order valence-electron chi connectivity index (χ1n) is 8.14. The molecule has 2 fully saturated rings. The smallest absolute Gasteiger partial charge is 0.0278 e. The van der Waals surface area contributed by atoms with Crippen LogP contribution in [0.4, 0.5) is 0 Å². The van der Waals surface area contributed by atoms with Gasteiger partial charge in [0.2, 0.25) is 0 Å². The highest BCUT2D eigenvalue weighted by Gasteiger charge is 2.39. The molecule has 3 nitrogen and oxygen atoms in total. The lowest BCUT2D eigenvalue weighted by Gasteiger charge is -2.47. The predicted molar refractivity (Wildman–Crippen MR) is 82.5 cm³/mol. The van der Waals surface area contributed by atoms with Crippen LogP contribution in [0.1, 0.15) is 40.0 Å². The summed E-state index contributed by atoms with van der Waals surface area (Å²) in [5.74, 6) is 1.68. The number of hydrogen-bond acceptors (Lipinski definition) is 3. The van der Waals surface area contributed by atoms with Gasteiger partial charge in [-0.3, -0.25) is 4.90 Å². The fourth-order valence-electron chi connectivity index (χ4n) is 4.52. The van der Waals surface area contributed by atoms with Crippen LogP contribution in [0.2, 0.25) is 0 Å². The Balaban J connectivity index is 2.12. The average Bonchev–Trinajstić information content (AvgIpc) is 2.49. The van der Waals surface area contributed by atoms with Gasteiger partial charge >= 0.3 is 0 Å². The summed E-state index contributed by atoms with van der Waals surface area (Å²) >= 11 is 0. The molecule has 5 unspecified atom stereocenters. The Kier molecular flexibility index (Phi) is 5.27. The standard InChI is InChI=1S/C16H33N3/c1-12-9-13(2)16(15(10-12)17-4)19-8-6-7-18(5)11-14(19)3/h12-17H,6-11H2,1-5H3. The third kappa shape index (κ3) is 3.50. The average molecular weight is 267 g/mol. The molecule has 2 rings (SSSR count). The first-order valence-corrected chi connectivity index (χ1v) is 8.14. The Labute approximate surface area is 119 Å². The van der Waals surface area contributed by atoms with Gasteiger partial charge in [-0.1, -0.05) is 13.8 Å². The molecule has 3 heteroatoms. The van der Waals surface area contributed by atoms with Gasteiger partial charge in [0.05, 0.1) is 0 Å². The van der Waals surface area contributed by atoms with Crippen LogP contribution in [0, 0.1) is 11.8 Å². The minimum absolute atomic E-state index is 0.671. The fraction of sp³-hybridized carbons (Fsp3) is 1.00. The van der Waals surface area contributed by atoms with Gasteiger partial charge in [0.1, 0.15) is 0 Å². The van der Waals surface area contributed by atoms with Crippen LogP contribution in [0.15, 0.2) is 0 Å². The van der Waals surface area contributed by atoms with Crippen LogP contribution < -0.4 is 5.32 Å². The molecule has 1 N–H and O–H groups in total. The van der Waals surface area contributed by atoms with Crippen molar-refractivity contribution >= 4 is 0 Å². The van der Waals surface area contributed by atoms with Crippen molar-refractivity contribution in [3.05, 3.63) is 0 Å². The van der Waals surface area contributed by atoms with Gasteiger partial charge in [-0.15, -0.1) is 0 Å². The van der Waals surface area contributed by atoms with Crippen LogP contribution >= 0.6 is 0 Å². The second-order valence-electron chi connectivity index (χ2n) is 7.14. The van der Waals surface area contributed by atoms with Crippen molar-refractivity contribution in [3.63, 3.8) is 0 Å². The Morgan fingerprint density at radius 2 is 1.79 bits per heavy atom. The van der Waals surface area contributed by atoms with Crippen LogP contribution in [0.25, 0.3) is 0 Å². The second kappa shape index (κ2) is 6.55. The SMILES string of the molecule is CNC1CC(C)CC(C)C1N1CCCN(C)CC1C. The van der Waals surface area contributed by atoms with Crippen molar-refractivity contribution in [2.45, 2.75) is 58.2 Å². The highest BCUT2D eigenvalue weighted by molar-refractivity contribution is 4.96. The maximum absolute atomic E-state index is 3.61. The lowest BCUT2D eigenvalue weighted by Crippen LogP contribution is -2.58. The molecule has 0 aromatic heterocycles. The van der Waals surface area contributed by atoms with Gasteiger partial charge in [-0.25, -0.2) is 0 Å². The zero-order valence-corrected chi connectivity index (χ0v) is 13.5. The van der Waals surface area contributed by atoms with E-state index in [4.69, 9.17) is 0 Å². The molecule has 1 aliphatic heterocycles. The van der Waals surface area contributed by atoms with Crippen LogP contribution in [0.5, 0.6) is 0 Å². The zero-order chi connectivity index (χ0) is 14.0. The van der Waals surface area contributed by atoms with Crippen LogP contribution in [-0.4, -0.2) is 61.7 Å².